The number of carbonyl (C=O) groups excluding carboxylic acids is 2. The number of halogens is 2. The molecule has 2 aromatic rings. The van der Waals surface area contributed by atoms with Crippen LogP contribution < -0.4 is 15.0 Å². The summed E-state index contributed by atoms with van der Waals surface area (Å²) in [7, 11) is 1.57. The molecule has 0 spiro atoms. The molecule has 1 heterocycles. The van der Waals surface area contributed by atoms with Crippen LogP contribution in [0.3, 0.4) is 0 Å². The Labute approximate surface area is 155 Å². The number of benzene rings is 2. The third-order valence-electron chi connectivity index (χ3n) is 4.05. The van der Waals surface area contributed by atoms with E-state index in [0.29, 0.717) is 33.7 Å². The Morgan fingerprint density at radius 2 is 2.00 bits per heavy atom. The molecule has 0 aliphatic carbocycles. The summed E-state index contributed by atoms with van der Waals surface area (Å²) in [5, 5.41) is 3.56. The lowest BCUT2D eigenvalue weighted by atomic mass is 10.1. The van der Waals surface area contributed by atoms with Gasteiger partial charge in [0.25, 0.3) is 0 Å². The summed E-state index contributed by atoms with van der Waals surface area (Å²) in [5.74, 6) is -0.0955. The van der Waals surface area contributed by atoms with E-state index in [4.69, 9.17) is 27.9 Å². The number of anilines is 2. The van der Waals surface area contributed by atoms with Gasteiger partial charge in [-0.3, -0.25) is 9.59 Å². The molecule has 0 unspecified atom stereocenters. The van der Waals surface area contributed by atoms with Crippen molar-refractivity contribution in [2.75, 3.05) is 23.9 Å². The minimum atomic E-state index is -0.437. The smallest absolute Gasteiger partial charge is 0.229 e. The van der Waals surface area contributed by atoms with Gasteiger partial charge in [0.05, 0.1) is 23.1 Å². The number of methoxy groups -OCH3 is 1. The van der Waals surface area contributed by atoms with Gasteiger partial charge in [-0.25, -0.2) is 0 Å². The molecule has 0 bridgehead atoms. The Balaban J connectivity index is 1.70. The first-order chi connectivity index (χ1) is 12.0. The number of carbonyl (C=O) groups is 2. The standard InChI is InChI=1S/C18H16Cl2N2O3/c1-25-14-4-2-3-13(9-14)22-10-11(7-17(22)23)18(24)21-12-5-6-15(19)16(20)8-12/h2-6,8-9,11H,7,10H2,1H3,(H,21,24)/t11-/m1/s1. The van der Waals surface area contributed by atoms with Crippen molar-refractivity contribution in [3.8, 4) is 5.75 Å². The fourth-order valence-electron chi connectivity index (χ4n) is 2.73. The molecule has 2 amide bonds. The Morgan fingerprint density at radius 1 is 1.20 bits per heavy atom. The molecule has 3 rings (SSSR count). The van der Waals surface area contributed by atoms with Crippen LogP contribution in [0.25, 0.3) is 0 Å². The van der Waals surface area contributed by atoms with Crippen LogP contribution in [-0.2, 0) is 9.59 Å². The zero-order valence-electron chi connectivity index (χ0n) is 13.5. The van der Waals surface area contributed by atoms with Crippen molar-refractivity contribution in [2.24, 2.45) is 5.92 Å². The van der Waals surface area contributed by atoms with Crippen molar-refractivity contribution in [2.45, 2.75) is 6.42 Å². The van der Waals surface area contributed by atoms with Gasteiger partial charge in [-0.15, -0.1) is 0 Å². The maximum Gasteiger partial charge on any atom is 0.229 e. The molecular weight excluding hydrogens is 363 g/mol. The lowest BCUT2D eigenvalue weighted by molar-refractivity contribution is -0.122. The minimum absolute atomic E-state index is 0.0949. The van der Waals surface area contributed by atoms with Crippen LogP contribution in [0.2, 0.25) is 10.0 Å². The highest BCUT2D eigenvalue weighted by molar-refractivity contribution is 6.42. The fourth-order valence-corrected chi connectivity index (χ4v) is 3.03. The van der Waals surface area contributed by atoms with Crippen molar-refractivity contribution < 1.29 is 14.3 Å². The number of ether oxygens (including phenoxy) is 1. The summed E-state index contributed by atoms with van der Waals surface area (Å²) >= 11 is 11.8. The maximum atomic E-state index is 12.5. The molecule has 1 fully saturated rings. The summed E-state index contributed by atoms with van der Waals surface area (Å²) < 4.78 is 5.18. The number of hydrogen-bond acceptors (Lipinski definition) is 3. The predicted molar refractivity (Wildman–Crippen MR) is 98.5 cm³/mol. The SMILES string of the molecule is COc1cccc(N2C[C@H](C(=O)Nc3ccc(Cl)c(Cl)c3)CC2=O)c1. The highest BCUT2D eigenvalue weighted by atomic mass is 35.5. The molecule has 0 aromatic heterocycles. The summed E-state index contributed by atoms with van der Waals surface area (Å²) in [6.45, 7) is 0.319. The van der Waals surface area contributed by atoms with E-state index < -0.39 is 5.92 Å². The van der Waals surface area contributed by atoms with Gasteiger partial charge in [-0.1, -0.05) is 29.3 Å². The molecule has 0 saturated carbocycles. The average molecular weight is 379 g/mol. The number of nitrogens with one attached hydrogen (secondary N) is 1. The van der Waals surface area contributed by atoms with Crippen molar-refractivity contribution in [3.05, 3.63) is 52.5 Å². The first-order valence-corrected chi connectivity index (χ1v) is 8.44. The van der Waals surface area contributed by atoms with Gasteiger partial charge in [0, 0.05) is 30.4 Å². The minimum Gasteiger partial charge on any atom is -0.497 e. The summed E-state index contributed by atoms with van der Waals surface area (Å²) in [6, 6.07) is 12.1. The first kappa shape index (κ1) is 17.6. The van der Waals surface area contributed by atoms with Crippen LogP contribution in [0.5, 0.6) is 5.75 Å². The fraction of sp³-hybridized carbons (Fsp3) is 0.222. The molecule has 0 radical (unpaired) electrons. The molecule has 1 atom stereocenters. The van der Waals surface area contributed by atoms with Crippen LogP contribution >= 0.6 is 23.2 Å². The van der Waals surface area contributed by atoms with Crippen LogP contribution in [0, 0.1) is 5.92 Å². The quantitative estimate of drug-likeness (QED) is 0.874. The van der Waals surface area contributed by atoms with Gasteiger partial charge >= 0.3 is 0 Å². The number of hydrogen-bond donors (Lipinski definition) is 1. The highest BCUT2D eigenvalue weighted by Crippen LogP contribution is 2.29. The third kappa shape index (κ3) is 3.89. The number of rotatable bonds is 4. The van der Waals surface area contributed by atoms with Crippen molar-refractivity contribution >= 4 is 46.4 Å². The molecule has 1 aliphatic heterocycles. The second kappa shape index (κ2) is 7.33. The largest absolute Gasteiger partial charge is 0.497 e. The van der Waals surface area contributed by atoms with E-state index in [9.17, 15) is 9.59 Å². The van der Waals surface area contributed by atoms with Crippen LogP contribution in [0.15, 0.2) is 42.5 Å². The number of amides is 2. The first-order valence-electron chi connectivity index (χ1n) is 7.68. The van der Waals surface area contributed by atoms with Gasteiger partial charge in [0.2, 0.25) is 11.8 Å². The summed E-state index contributed by atoms with van der Waals surface area (Å²) in [6.07, 6.45) is 0.157. The molecule has 1 saturated heterocycles. The van der Waals surface area contributed by atoms with Crippen molar-refractivity contribution in [3.63, 3.8) is 0 Å². The third-order valence-corrected chi connectivity index (χ3v) is 4.79. The van der Waals surface area contributed by atoms with E-state index >= 15 is 0 Å². The van der Waals surface area contributed by atoms with E-state index in [1.807, 2.05) is 12.1 Å². The highest BCUT2D eigenvalue weighted by Gasteiger charge is 2.35. The van der Waals surface area contributed by atoms with Gasteiger partial charge in [0.1, 0.15) is 5.75 Å². The topological polar surface area (TPSA) is 58.6 Å². The van der Waals surface area contributed by atoms with E-state index in [0.717, 1.165) is 0 Å². The van der Waals surface area contributed by atoms with Crippen molar-refractivity contribution in [1.82, 2.24) is 0 Å². The van der Waals surface area contributed by atoms with Gasteiger partial charge in [-0.05, 0) is 30.3 Å². The van der Waals surface area contributed by atoms with Crippen LogP contribution in [-0.4, -0.2) is 25.5 Å². The Kier molecular flexibility index (Phi) is 5.16. The summed E-state index contributed by atoms with van der Waals surface area (Å²) in [4.78, 5) is 26.4. The van der Waals surface area contributed by atoms with Crippen LogP contribution in [0.4, 0.5) is 11.4 Å². The monoisotopic (exact) mass is 378 g/mol. The second-order valence-electron chi connectivity index (χ2n) is 5.73. The molecule has 25 heavy (non-hydrogen) atoms. The molecule has 1 aliphatic rings. The van der Waals surface area contributed by atoms with Crippen LogP contribution in [0.1, 0.15) is 6.42 Å². The average Bonchev–Trinajstić information content (AvgIpc) is 3.00. The second-order valence-corrected chi connectivity index (χ2v) is 6.54. The molecular formula is C18H16Cl2N2O3. The maximum absolute atomic E-state index is 12.5. The van der Waals surface area contributed by atoms with E-state index in [-0.39, 0.29) is 18.2 Å². The lowest BCUT2D eigenvalue weighted by Crippen LogP contribution is -2.28. The van der Waals surface area contributed by atoms with Crippen molar-refractivity contribution in [1.29, 1.82) is 0 Å². The number of nitrogens with zero attached hydrogens (tertiary/aromatic N) is 1. The normalized spacial score (nSPS) is 16.8. The zero-order chi connectivity index (χ0) is 18.0. The zero-order valence-corrected chi connectivity index (χ0v) is 15.0. The van der Waals surface area contributed by atoms with E-state index in [2.05, 4.69) is 5.32 Å². The van der Waals surface area contributed by atoms with Gasteiger partial charge in [0.15, 0.2) is 0 Å². The Morgan fingerprint density at radius 3 is 2.72 bits per heavy atom. The lowest BCUT2D eigenvalue weighted by Gasteiger charge is -2.17. The molecule has 5 nitrogen and oxygen atoms in total. The Hall–Kier alpha value is -2.24. The van der Waals surface area contributed by atoms with Gasteiger partial charge < -0.3 is 15.0 Å². The summed E-state index contributed by atoms with van der Waals surface area (Å²) in [5.41, 5.74) is 1.26. The molecule has 7 heteroatoms. The van der Waals surface area contributed by atoms with E-state index in [1.165, 1.54) is 0 Å². The van der Waals surface area contributed by atoms with E-state index in [1.54, 1.807) is 42.3 Å². The molecule has 130 valence electrons. The Bertz CT molecular complexity index is 826. The molecule has 1 N–H and O–H groups in total. The molecule has 2 aromatic carbocycles. The van der Waals surface area contributed by atoms with Gasteiger partial charge in [-0.2, -0.15) is 0 Å². The predicted octanol–water partition coefficient (Wildman–Crippen LogP) is 3.99.